The maximum absolute atomic E-state index is 4.33. The molecular formula is C8H14N2Sn. The molecule has 1 rings (SSSR count). The molecule has 3 heteroatoms. The van der Waals surface area contributed by atoms with E-state index >= 15 is 0 Å². The van der Waals surface area contributed by atoms with Crippen molar-refractivity contribution >= 4 is 24.9 Å². The molecule has 0 aliphatic carbocycles. The zero-order valence-corrected chi connectivity index (χ0v) is 10.0. The quantitative estimate of drug-likeness (QED) is 0.580. The fraction of sp³-hybridized carbons (Fsp3) is 0.625. The van der Waals surface area contributed by atoms with Gasteiger partial charge in [-0.1, -0.05) is 0 Å². The number of aromatic nitrogens is 2. The molecule has 0 saturated heterocycles. The van der Waals surface area contributed by atoms with Crippen LogP contribution in [0.2, 0.25) is 4.44 Å². The molecule has 0 aliphatic rings. The first-order valence-electron chi connectivity index (χ1n) is 4.04. The van der Waals surface area contributed by atoms with Crippen LogP contribution in [-0.2, 0) is 7.05 Å². The van der Waals surface area contributed by atoms with Crippen LogP contribution < -0.4 is 3.71 Å². The van der Waals surface area contributed by atoms with Gasteiger partial charge in [-0.25, -0.2) is 0 Å². The Kier molecular flexibility index (Phi) is 3.97. The fourth-order valence-corrected chi connectivity index (χ4v) is 4.41. The molecule has 0 bridgehead atoms. The zero-order valence-electron chi connectivity index (χ0n) is 7.17. The van der Waals surface area contributed by atoms with E-state index < -0.39 is 0 Å². The average molecular weight is 257 g/mol. The van der Waals surface area contributed by atoms with E-state index in [1.165, 1.54) is 21.0 Å². The Bertz CT molecular complexity index is 208. The van der Waals surface area contributed by atoms with E-state index in [2.05, 4.69) is 18.1 Å². The van der Waals surface area contributed by atoms with Crippen LogP contribution in [0.25, 0.3) is 0 Å². The number of aryl methyl sites for hydroxylation is 1. The van der Waals surface area contributed by atoms with Crippen molar-refractivity contribution in [2.45, 2.75) is 24.2 Å². The third kappa shape index (κ3) is 3.27. The van der Waals surface area contributed by atoms with Gasteiger partial charge in [-0.2, -0.15) is 0 Å². The van der Waals surface area contributed by atoms with E-state index in [4.69, 9.17) is 0 Å². The minimum atomic E-state index is -0.295. The van der Waals surface area contributed by atoms with Gasteiger partial charge in [0.15, 0.2) is 0 Å². The number of nitrogens with zero attached hydrogens (tertiary/aromatic N) is 2. The van der Waals surface area contributed by atoms with Gasteiger partial charge in [0, 0.05) is 0 Å². The first-order valence-corrected chi connectivity index (χ1v) is 7.49. The summed E-state index contributed by atoms with van der Waals surface area (Å²) in [6.07, 6.45) is 6.79. The minimum absolute atomic E-state index is 0.295. The molecule has 0 fully saturated rings. The Balaban J connectivity index is 2.27. The summed E-state index contributed by atoms with van der Waals surface area (Å²) in [6.45, 7) is 2.25. The second-order valence-corrected chi connectivity index (χ2v) is 6.60. The Hall–Kier alpha value is 0.00870. The van der Waals surface area contributed by atoms with E-state index in [9.17, 15) is 0 Å². The fourth-order valence-electron chi connectivity index (χ4n) is 0.897. The van der Waals surface area contributed by atoms with Crippen LogP contribution in [0.4, 0.5) is 0 Å². The molecule has 1 heterocycles. The molecule has 0 saturated carbocycles. The number of hydrogen-bond acceptors (Lipinski definition) is 1. The normalized spacial score (nSPS) is 10.4. The van der Waals surface area contributed by atoms with Crippen LogP contribution in [0.15, 0.2) is 12.5 Å². The van der Waals surface area contributed by atoms with Crippen LogP contribution in [-0.4, -0.2) is 30.7 Å². The Labute approximate surface area is 78.2 Å². The molecule has 0 aromatic carbocycles. The Morgan fingerprint density at radius 1 is 1.64 bits per heavy atom. The van der Waals surface area contributed by atoms with Crippen LogP contribution in [0.5, 0.6) is 0 Å². The average Bonchev–Trinajstić information content (AvgIpc) is 2.37. The van der Waals surface area contributed by atoms with E-state index in [1.807, 2.05) is 17.9 Å². The van der Waals surface area contributed by atoms with Gasteiger partial charge in [-0.05, 0) is 0 Å². The summed E-state index contributed by atoms with van der Waals surface area (Å²) in [4.78, 5) is 4.33. The van der Waals surface area contributed by atoms with Gasteiger partial charge >= 0.3 is 78.2 Å². The third-order valence-corrected chi connectivity index (χ3v) is 5.03. The van der Waals surface area contributed by atoms with Crippen LogP contribution in [0.1, 0.15) is 19.8 Å². The molecule has 2 nitrogen and oxygen atoms in total. The van der Waals surface area contributed by atoms with Gasteiger partial charge in [0.1, 0.15) is 0 Å². The van der Waals surface area contributed by atoms with E-state index in [0.717, 1.165) is 0 Å². The molecular weight excluding hydrogens is 243 g/mol. The molecule has 0 unspecified atom stereocenters. The summed E-state index contributed by atoms with van der Waals surface area (Å²) in [6, 6.07) is 0. The number of unbranched alkanes of at least 4 members (excludes halogenated alkanes) is 1. The van der Waals surface area contributed by atoms with Gasteiger partial charge in [0.05, 0.1) is 0 Å². The number of hydrogen-bond donors (Lipinski definition) is 0. The van der Waals surface area contributed by atoms with Gasteiger partial charge in [0.2, 0.25) is 0 Å². The van der Waals surface area contributed by atoms with Crippen LogP contribution >= 0.6 is 0 Å². The Morgan fingerprint density at radius 3 is 3.00 bits per heavy atom. The summed E-state index contributed by atoms with van der Waals surface area (Å²) in [5.41, 5.74) is 0. The topological polar surface area (TPSA) is 17.8 Å². The van der Waals surface area contributed by atoms with Crippen molar-refractivity contribution in [1.82, 2.24) is 9.55 Å². The second kappa shape index (κ2) is 4.80. The third-order valence-electron chi connectivity index (χ3n) is 1.54. The molecule has 2 radical (unpaired) electrons. The monoisotopic (exact) mass is 258 g/mol. The number of rotatable bonds is 4. The SMILES string of the molecule is CCC[CH2][Sn][c]1cn(C)cn1. The predicted molar refractivity (Wildman–Crippen MR) is 48.3 cm³/mol. The second-order valence-electron chi connectivity index (χ2n) is 2.70. The molecule has 0 spiro atoms. The molecule has 1 aromatic heterocycles. The Morgan fingerprint density at radius 2 is 2.45 bits per heavy atom. The van der Waals surface area contributed by atoms with Crippen LogP contribution in [0, 0.1) is 0 Å². The van der Waals surface area contributed by atoms with Crippen molar-refractivity contribution in [2.75, 3.05) is 0 Å². The molecule has 0 atom stereocenters. The summed E-state index contributed by atoms with van der Waals surface area (Å²) in [5, 5.41) is 0. The van der Waals surface area contributed by atoms with Crippen molar-refractivity contribution < 1.29 is 0 Å². The van der Waals surface area contributed by atoms with Gasteiger partial charge < -0.3 is 0 Å². The van der Waals surface area contributed by atoms with Crippen molar-refractivity contribution in [3.63, 3.8) is 0 Å². The first-order chi connectivity index (χ1) is 5.33. The zero-order chi connectivity index (χ0) is 8.10. The van der Waals surface area contributed by atoms with Crippen molar-refractivity contribution in [2.24, 2.45) is 7.05 Å². The van der Waals surface area contributed by atoms with E-state index in [-0.39, 0.29) is 21.1 Å². The molecule has 0 aliphatic heterocycles. The van der Waals surface area contributed by atoms with E-state index in [0.29, 0.717) is 0 Å². The standard InChI is InChI=1S/C4H5N2.C4H9.Sn/c1-6-3-2-5-4-6;1-3-4-2;/h3-4H,1H3;1,3-4H2,2H3;. The van der Waals surface area contributed by atoms with Gasteiger partial charge in [-0.15, -0.1) is 0 Å². The van der Waals surface area contributed by atoms with Gasteiger partial charge in [0.25, 0.3) is 0 Å². The van der Waals surface area contributed by atoms with Crippen molar-refractivity contribution in [3.05, 3.63) is 12.5 Å². The van der Waals surface area contributed by atoms with Crippen LogP contribution in [0.3, 0.4) is 0 Å². The summed E-state index contributed by atoms with van der Waals surface area (Å²) < 4.78 is 4.88. The summed E-state index contributed by atoms with van der Waals surface area (Å²) in [7, 11) is 2.04. The van der Waals surface area contributed by atoms with Crippen molar-refractivity contribution in [3.8, 4) is 0 Å². The maximum atomic E-state index is 4.33. The van der Waals surface area contributed by atoms with Gasteiger partial charge in [-0.3, -0.25) is 0 Å². The molecule has 0 N–H and O–H groups in total. The van der Waals surface area contributed by atoms with E-state index in [1.54, 1.807) is 0 Å². The molecule has 1 aromatic rings. The molecule has 60 valence electrons. The van der Waals surface area contributed by atoms with Crippen molar-refractivity contribution in [1.29, 1.82) is 0 Å². The summed E-state index contributed by atoms with van der Waals surface area (Å²) in [5.74, 6) is 0. The predicted octanol–water partition coefficient (Wildman–Crippen LogP) is 0.968. The molecule has 0 amide bonds. The molecule has 11 heavy (non-hydrogen) atoms. The number of imidazole rings is 1. The first kappa shape index (κ1) is 9.10. The summed E-state index contributed by atoms with van der Waals surface area (Å²) >= 11 is -0.295.